The molecule has 0 bridgehead atoms. The molecule has 1 N–H and O–H groups in total. The average Bonchev–Trinajstić information content (AvgIpc) is 3.36. The number of aliphatic imine (C=N–C) groups is 1. The summed E-state index contributed by atoms with van der Waals surface area (Å²) in [5.74, 6) is 3.99. The number of nitrogens with one attached hydrogen (secondary N) is 1. The Bertz CT molecular complexity index is 809. The van der Waals surface area contributed by atoms with Gasteiger partial charge in [-0.2, -0.15) is 0 Å². The Morgan fingerprint density at radius 3 is 3.00 bits per heavy atom. The van der Waals surface area contributed by atoms with Crippen LogP contribution in [0, 0.1) is 5.92 Å². The second-order valence-electron chi connectivity index (χ2n) is 8.62. The molecule has 4 rings (SSSR count). The van der Waals surface area contributed by atoms with Crippen molar-refractivity contribution in [3.63, 3.8) is 0 Å². The number of likely N-dealkylation sites (tertiary alicyclic amines) is 1. The van der Waals surface area contributed by atoms with Crippen molar-refractivity contribution in [1.29, 1.82) is 0 Å². The van der Waals surface area contributed by atoms with Crippen molar-refractivity contribution < 1.29 is 0 Å². The molecule has 0 spiro atoms. The number of nitrogens with zero attached hydrogens (tertiary/aromatic N) is 7. The second kappa shape index (κ2) is 10.1. The predicted molar refractivity (Wildman–Crippen MR) is 118 cm³/mol. The van der Waals surface area contributed by atoms with E-state index in [-0.39, 0.29) is 0 Å². The van der Waals surface area contributed by atoms with E-state index in [1.54, 1.807) is 0 Å². The van der Waals surface area contributed by atoms with Crippen LogP contribution in [-0.2, 0) is 19.4 Å². The van der Waals surface area contributed by atoms with Gasteiger partial charge in [0, 0.05) is 58.0 Å². The minimum absolute atomic E-state index is 0.441. The van der Waals surface area contributed by atoms with E-state index in [0.717, 1.165) is 63.8 Å². The largest absolute Gasteiger partial charge is 0.357 e. The summed E-state index contributed by atoms with van der Waals surface area (Å²) in [6.07, 6.45) is 13.9. The first-order chi connectivity index (χ1) is 14.8. The highest BCUT2D eigenvalue weighted by atomic mass is 15.3. The SMILES string of the molecule is CCNC(=NCCCc1nnc2n1CCCCC2)N1CCC(C)C(n2ccnc2)C1. The van der Waals surface area contributed by atoms with E-state index in [2.05, 4.69) is 54.6 Å². The highest BCUT2D eigenvalue weighted by molar-refractivity contribution is 5.80. The van der Waals surface area contributed by atoms with Gasteiger partial charge in [0.15, 0.2) is 5.96 Å². The molecular formula is C22H36N8. The van der Waals surface area contributed by atoms with Crippen LogP contribution in [0.1, 0.15) is 63.6 Å². The summed E-state index contributed by atoms with van der Waals surface area (Å²) in [5, 5.41) is 12.4. The van der Waals surface area contributed by atoms with E-state index in [1.165, 1.54) is 31.5 Å². The van der Waals surface area contributed by atoms with Crippen LogP contribution < -0.4 is 5.32 Å². The Kier molecular flexibility index (Phi) is 7.02. The molecule has 0 aliphatic carbocycles. The molecule has 8 nitrogen and oxygen atoms in total. The zero-order chi connectivity index (χ0) is 20.8. The van der Waals surface area contributed by atoms with E-state index in [4.69, 9.17) is 4.99 Å². The van der Waals surface area contributed by atoms with Crippen LogP contribution in [0.25, 0.3) is 0 Å². The fourth-order valence-corrected chi connectivity index (χ4v) is 4.67. The van der Waals surface area contributed by atoms with Crippen molar-refractivity contribution in [3.05, 3.63) is 30.4 Å². The standard InChI is InChI=1S/C22H36N8/c1-3-24-22(28-14-10-18(2)19(16-28)29-15-12-23-17-29)25-11-7-9-21-27-26-20-8-5-4-6-13-30(20)21/h12,15,17-19H,3-11,13-14,16H2,1-2H3,(H,24,25). The zero-order valence-corrected chi connectivity index (χ0v) is 18.5. The molecule has 2 aromatic heterocycles. The van der Waals surface area contributed by atoms with Crippen molar-refractivity contribution >= 4 is 5.96 Å². The van der Waals surface area contributed by atoms with Gasteiger partial charge in [-0.05, 0) is 38.5 Å². The third kappa shape index (κ3) is 4.84. The summed E-state index contributed by atoms with van der Waals surface area (Å²) in [6.45, 7) is 9.28. The maximum absolute atomic E-state index is 4.96. The van der Waals surface area contributed by atoms with Crippen LogP contribution in [0.5, 0.6) is 0 Å². The Hall–Kier alpha value is -2.38. The minimum atomic E-state index is 0.441. The van der Waals surface area contributed by atoms with Crippen LogP contribution in [0.2, 0.25) is 0 Å². The molecule has 0 aromatic carbocycles. The van der Waals surface area contributed by atoms with Gasteiger partial charge in [-0.3, -0.25) is 4.99 Å². The van der Waals surface area contributed by atoms with Crippen LogP contribution in [0.3, 0.4) is 0 Å². The Morgan fingerprint density at radius 1 is 1.23 bits per heavy atom. The lowest BCUT2D eigenvalue weighted by Crippen LogP contribution is -2.49. The Morgan fingerprint density at radius 2 is 2.17 bits per heavy atom. The number of imidazole rings is 1. The topological polar surface area (TPSA) is 76.2 Å². The van der Waals surface area contributed by atoms with Gasteiger partial charge in [-0.1, -0.05) is 13.3 Å². The quantitative estimate of drug-likeness (QED) is 0.448. The van der Waals surface area contributed by atoms with Crippen molar-refractivity contribution in [2.75, 3.05) is 26.2 Å². The lowest BCUT2D eigenvalue weighted by atomic mass is 9.93. The molecule has 1 fully saturated rings. The molecule has 2 aromatic rings. The molecule has 4 heterocycles. The maximum Gasteiger partial charge on any atom is 0.193 e. The van der Waals surface area contributed by atoms with Crippen molar-refractivity contribution in [2.24, 2.45) is 10.9 Å². The molecule has 0 amide bonds. The van der Waals surface area contributed by atoms with Gasteiger partial charge >= 0.3 is 0 Å². The van der Waals surface area contributed by atoms with E-state index < -0.39 is 0 Å². The Labute approximate surface area is 179 Å². The van der Waals surface area contributed by atoms with Gasteiger partial charge < -0.3 is 19.4 Å². The van der Waals surface area contributed by atoms with Gasteiger partial charge in [-0.25, -0.2) is 4.98 Å². The Balaban J connectivity index is 1.35. The van der Waals surface area contributed by atoms with Gasteiger partial charge in [0.05, 0.1) is 12.4 Å². The number of guanidine groups is 1. The third-order valence-corrected chi connectivity index (χ3v) is 6.47. The zero-order valence-electron chi connectivity index (χ0n) is 18.5. The van der Waals surface area contributed by atoms with E-state index in [9.17, 15) is 0 Å². The summed E-state index contributed by atoms with van der Waals surface area (Å²) in [4.78, 5) is 11.6. The molecule has 164 valence electrons. The van der Waals surface area contributed by atoms with Crippen LogP contribution in [0.4, 0.5) is 0 Å². The molecule has 0 saturated carbocycles. The predicted octanol–water partition coefficient (Wildman–Crippen LogP) is 2.68. The monoisotopic (exact) mass is 412 g/mol. The molecule has 0 radical (unpaired) electrons. The highest BCUT2D eigenvalue weighted by Crippen LogP contribution is 2.27. The lowest BCUT2D eigenvalue weighted by Gasteiger charge is -2.39. The molecule has 2 aliphatic heterocycles. The summed E-state index contributed by atoms with van der Waals surface area (Å²) in [6, 6.07) is 0.441. The summed E-state index contributed by atoms with van der Waals surface area (Å²) < 4.78 is 4.60. The number of piperidine rings is 1. The number of hydrogen-bond acceptors (Lipinski definition) is 4. The molecular weight excluding hydrogens is 376 g/mol. The number of aromatic nitrogens is 5. The van der Waals surface area contributed by atoms with Crippen LogP contribution in [-0.4, -0.2) is 61.4 Å². The smallest absolute Gasteiger partial charge is 0.193 e. The molecule has 1 saturated heterocycles. The highest BCUT2D eigenvalue weighted by Gasteiger charge is 2.28. The number of rotatable bonds is 6. The number of hydrogen-bond donors (Lipinski definition) is 1. The summed E-state index contributed by atoms with van der Waals surface area (Å²) in [7, 11) is 0. The molecule has 2 aliphatic rings. The molecule has 2 unspecified atom stereocenters. The molecule has 8 heteroatoms. The van der Waals surface area contributed by atoms with Crippen molar-refractivity contribution in [3.8, 4) is 0 Å². The maximum atomic E-state index is 4.96. The van der Waals surface area contributed by atoms with Crippen LogP contribution in [0.15, 0.2) is 23.7 Å². The molecule has 2 atom stereocenters. The van der Waals surface area contributed by atoms with Gasteiger partial charge in [0.25, 0.3) is 0 Å². The lowest BCUT2D eigenvalue weighted by molar-refractivity contribution is 0.189. The second-order valence-corrected chi connectivity index (χ2v) is 8.62. The first kappa shape index (κ1) is 20.9. The van der Waals surface area contributed by atoms with Crippen LogP contribution >= 0.6 is 0 Å². The van der Waals surface area contributed by atoms with Crippen molar-refractivity contribution in [1.82, 2.24) is 34.5 Å². The fourth-order valence-electron chi connectivity index (χ4n) is 4.67. The summed E-state index contributed by atoms with van der Waals surface area (Å²) >= 11 is 0. The number of fused-ring (bicyclic) bond motifs is 1. The van der Waals surface area contributed by atoms with Gasteiger partial charge in [0.2, 0.25) is 0 Å². The normalized spacial score (nSPS) is 22.6. The van der Waals surface area contributed by atoms with Gasteiger partial charge in [-0.15, -0.1) is 10.2 Å². The number of aryl methyl sites for hydroxylation is 2. The van der Waals surface area contributed by atoms with Crippen molar-refractivity contribution in [2.45, 2.75) is 71.4 Å². The van der Waals surface area contributed by atoms with E-state index >= 15 is 0 Å². The summed E-state index contributed by atoms with van der Waals surface area (Å²) in [5.41, 5.74) is 0. The first-order valence-corrected chi connectivity index (χ1v) is 11.7. The van der Waals surface area contributed by atoms with E-state index in [1.807, 2.05) is 12.5 Å². The third-order valence-electron chi connectivity index (χ3n) is 6.47. The molecule has 30 heavy (non-hydrogen) atoms. The average molecular weight is 413 g/mol. The van der Waals surface area contributed by atoms with Gasteiger partial charge in [0.1, 0.15) is 11.6 Å². The first-order valence-electron chi connectivity index (χ1n) is 11.7. The minimum Gasteiger partial charge on any atom is -0.357 e. The van der Waals surface area contributed by atoms with E-state index in [0.29, 0.717) is 12.0 Å². The fraction of sp³-hybridized carbons (Fsp3) is 0.727.